The van der Waals surface area contributed by atoms with Crippen LogP contribution in [0.1, 0.15) is 101 Å². The van der Waals surface area contributed by atoms with Gasteiger partial charge in [-0.1, -0.05) is 84.8 Å². The SMILES string of the molecule is C=C(C)\C=C(C)/C(C)=N/C(=C(\C)CC(=C)C)c1ccc(F)cc1.CC.CCC.CCC. The molecule has 1 aromatic rings. The number of allylic oxidation sites excluding steroid dienone is 5. The van der Waals surface area contributed by atoms with E-state index in [1.165, 1.54) is 25.0 Å². The van der Waals surface area contributed by atoms with Crippen molar-refractivity contribution in [1.29, 1.82) is 0 Å². The zero-order valence-corrected chi connectivity index (χ0v) is 22.2. The molecule has 0 amide bonds. The topological polar surface area (TPSA) is 12.4 Å². The minimum absolute atomic E-state index is 0.246. The van der Waals surface area contributed by atoms with Crippen molar-refractivity contribution in [2.24, 2.45) is 4.99 Å². The summed E-state index contributed by atoms with van der Waals surface area (Å²) in [6, 6.07) is 6.46. The lowest BCUT2D eigenvalue weighted by molar-refractivity contribution is 0.627. The van der Waals surface area contributed by atoms with Crippen molar-refractivity contribution < 1.29 is 4.39 Å². The van der Waals surface area contributed by atoms with Crippen LogP contribution in [0.4, 0.5) is 4.39 Å². The van der Waals surface area contributed by atoms with Gasteiger partial charge in [0.25, 0.3) is 0 Å². The first kappa shape index (κ1) is 33.4. The van der Waals surface area contributed by atoms with E-state index >= 15 is 0 Å². The Labute approximate surface area is 193 Å². The summed E-state index contributed by atoms with van der Waals surface area (Å²) in [5.41, 5.74) is 6.96. The molecule has 0 N–H and O–H groups in total. The molecule has 31 heavy (non-hydrogen) atoms. The molecule has 0 aliphatic carbocycles. The van der Waals surface area contributed by atoms with Crippen molar-refractivity contribution in [1.82, 2.24) is 0 Å². The van der Waals surface area contributed by atoms with Crippen LogP contribution in [0.2, 0.25) is 0 Å². The van der Waals surface area contributed by atoms with Crippen LogP contribution in [0.5, 0.6) is 0 Å². The van der Waals surface area contributed by atoms with E-state index in [0.29, 0.717) is 0 Å². The van der Waals surface area contributed by atoms with Gasteiger partial charge in [-0.25, -0.2) is 4.39 Å². The molecule has 0 aromatic heterocycles. The lowest BCUT2D eigenvalue weighted by atomic mass is 10.0. The number of halogens is 1. The number of nitrogens with zero attached hydrogens (tertiary/aromatic N) is 1. The fraction of sp³-hybridized carbons (Fsp3) is 0.483. The molecule has 0 radical (unpaired) electrons. The maximum absolute atomic E-state index is 13.2. The molecular weight excluding hydrogens is 381 g/mol. The Bertz CT molecular complexity index is 714. The van der Waals surface area contributed by atoms with E-state index in [-0.39, 0.29) is 5.82 Å². The van der Waals surface area contributed by atoms with Gasteiger partial charge in [-0.3, -0.25) is 4.99 Å². The first-order chi connectivity index (χ1) is 14.5. The highest BCUT2D eigenvalue weighted by Crippen LogP contribution is 2.25. The molecule has 0 aliphatic heterocycles. The Balaban J connectivity index is -0.000000855. The highest BCUT2D eigenvalue weighted by atomic mass is 19.1. The van der Waals surface area contributed by atoms with Gasteiger partial charge in [0.15, 0.2) is 0 Å². The fourth-order valence-corrected chi connectivity index (χ4v) is 2.28. The van der Waals surface area contributed by atoms with E-state index in [9.17, 15) is 4.39 Å². The predicted octanol–water partition coefficient (Wildman–Crippen LogP) is 10.4. The summed E-state index contributed by atoms with van der Waals surface area (Å²) < 4.78 is 13.2. The van der Waals surface area contributed by atoms with Crippen molar-refractivity contribution in [3.05, 3.63) is 77.2 Å². The maximum atomic E-state index is 13.2. The van der Waals surface area contributed by atoms with Crippen molar-refractivity contribution in [2.45, 2.75) is 95.4 Å². The molecule has 1 aromatic carbocycles. The molecule has 0 heterocycles. The van der Waals surface area contributed by atoms with Gasteiger partial charge in [0, 0.05) is 11.3 Å². The van der Waals surface area contributed by atoms with Crippen molar-refractivity contribution >= 4 is 11.4 Å². The number of hydrogen-bond acceptors (Lipinski definition) is 1. The zero-order chi connectivity index (χ0) is 25.0. The van der Waals surface area contributed by atoms with Gasteiger partial charge in [-0.05, 0) is 76.5 Å². The third-order valence-corrected chi connectivity index (χ3v) is 3.40. The van der Waals surface area contributed by atoms with E-state index in [4.69, 9.17) is 4.99 Å². The molecular formula is C29H48FN. The van der Waals surface area contributed by atoms with Gasteiger partial charge in [0.2, 0.25) is 0 Å². The largest absolute Gasteiger partial charge is 0.253 e. The summed E-state index contributed by atoms with van der Waals surface area (Å²) in [7, 11) is 0. The second-order valence-electron chi connectivity index (χ2n) is 7.55. The van der Waals surface area contributed by atoms with Gasteiger partial charge in [-0.15, -0.1) is 0 Å². The molecule has 2 heteroatoms. The summed E-state index contributed by atoms with van der Waals surface area (Å²) in [6.45, 7) is 30.4. The van der Waals surface area contributed by atoms with Crippen LogP contribution in [-0.2, 0) is 0 Å². The quantitative estimate of drug-likeness (QED) is 0.242. The van der Waals surface area contributed by atoms with Crippen molar-refractivity contribution in [3.63, 3.8) is 0 Å². The van der Waals surface area contributed by atoms with Crippen LogP contribution in [-0.4, -0.2) is 5.71 Å². The van der Waals surface area contributed by atoms with Gasteiger partial charge in [0.1, 0.15) is 5.82 Å². The monoisotopic (exact) mass is 429 g/mol. The third kappa shape index (κ3) is 18.3. The zero-order valence-electron chi connectivity index (χ0n) is 22.2. The highest BCUT2D eigenvalue weighted by Gasteiger charge is 2.08. The molecule has 0 spiro atoms. The Kier molecular flexibility index (Phi) is 22.7. The lowest BCUT2D eigenvalue weighted by Crippen LogP contribution is -1.97. The van der Waals surface area contributed by atoms with Crippen molar-refractivity contribution in [3.8, 4) is 0 Å². The number of rotatable bonds is 6. The molecule has 0 unspecified atom stereocenters. The smallest absolute Gasteiger partial charge is 0.123 e. The summed E-state index contributed by atoms with van der Waals surface area (Å²) >= 11 is 0. The Hall–Kier alpha value is -2.22. The van der Waals surface area contributed by atoms with Crippen LogP contribution in [0, 0.1) is 5.82 Å². The standard InChI is InChI=1S/C21H26FN.2C3H8.C2H6/c1-14(2)12-16(5)18(7)23-21(17(6)13-15(3)4)19-8-10-20(22)11-9-19;2*1-3-2;1-2/h8-12H,1,3,13H2,2,4-7H3;2*3H2,1-2H3;1-2H3/b16-12-,21-17+,23-18+;;;. The molecule has 0 saturated carbocycles. The van der Waals surface area contributed by atoms with E-state index in [0.717, 1.165) is 45.7 Å². The van der Waals surface area contributed by atoms with Crippen LogP contribution in [0.25, 0.3) is 5.70 Å². The normalized spacial score (nSPS) is 11.5. The number of hydrogen-bond donors (Lipinski definition) is 0. The molecule has 0 atom stereocenters. The van der Waals surface area contributed by atoms with E-state index in [2.05, 4.69) is 40.9 Å². The summed E-state index contributed by atoms with van der Waals surface area (Å²) in [4.78, 5) is 4.81. The highest BCUT2D eigenvalue weighted by molar-refractivity contribution is 6.01. The van der Waals surface area contributed by atoms with Crippen LogP contribution < -0.4 is 0 Å². The van der Waals surface area contributed by atoms with Gasteiger partial charge in [0.05, 0.1) is 5.70 Å². The van der Waals surface area contributed by atoms with Crippen LogP contribution in [0.3, 0.4) is 0 Å². The minimum atomic E-state index is -0.246. The second-order valence-corrected chi connectivity index (χ2v) is 7.55. The second kappa shape index (κ2) is 21.0. The molecule has 0 aliphatic rings. The van der Waals surface area contributed by atoms with Crippen LogP contribution >= 0.6 is 0 Å². The first-order valence-corrected chi connectivity index (χ1v) is 11.5. The average Bonchev–Trinajstić information content (AvgIpc) is 2.68. The molecule has 0 saturated heterocycles. The van der Waals surface area contributed by atoms with E-state index in [1.54, 1.807) is 12.1 Å². The Morgan fingerprint density at radius 3 is 1.65 bits per heavy atom. The summed E-state index contributed by atoms with van der Waals surface area (Å²) in [6.07, 6.45) is 5.28. The lowest BCUT2D eigenvalue weighted by Gasteiger charge is -2.11. The number of aliphatic imine (C=N–C) groups is 1. The number of benzene rings is 1. The van der Waals surface area contributed by atoms with E-state index < -0.39 is 0 Å². The van der Waals surface area contributed by atoms with Crippen molar-refractivity contribution in [2.75, 3.05) is 0 Å². The van der Waals surface area contributed by atoms with Gasteiger partial charge in [-0.2, -0.15) is 0 Å². The first-order valence-electron chi connectivity index (χ1n) is 11.5. The molecule has 1 rings (SSSR count). The average molecular weight is 430 g/mol. The molecule has 1 nitrogen and oxygen atoms in total. The maximum Gasteiger partial charge on any atom is 0.123 e. The Morgan fingerprint density at radius 2 is 1.29 bits per heavy atom. The van der Waals surface area contributed by atoms with Gasteiger partial charge >= 0.3 is 0 Å². The summed E-state index contributed by atoms with van der Waals surface area (Å²) in [5.74, 6) is -0.246. The fourth-order valence-electron chi connectivity index (χ4n) is 2.28. The minimum Gasteiger partial charge on any atom is -0.253 e. The Morgan fingerprint density at radius 1 is 0.871 bits per heavy atom. The molecule has 0 fully saturated rings. The molecule has 0 bridgehead atoms. The third-order valence-electron chi connectivity index (χ3n) is 3.40. The van der Waals surface area contributed by atoms with Gasteiger partial charge < -0.3 is 0 Å². The predicted molar refractivity (Wildman–Crippen MR) is 143 cm³/mol. The molecule has 176 valence electrons. The van der Waals surface area contributed by atoms with E-state index in [1.807, 2.05) is 54.5 Å². The summed E-state index contributed by atoms with van der Waals surface area (Å²) in [5, 5.41) is 0. The van der Waals surface area contributed by atoms with Crippen LogP contribution in [0.15, 0.2) is 70.8 Å².